The lowest BCUT2D eigenvalue weighted by atomic mass is 10.1. The van der Waals surface area contributed by atoms with Crippen molar-refractivity contribution in [2.75, 3.05) is 22.2 Å². The third kappa shape index (κ3) is 25.7. The molecular formula is C22H44Br2S2. The zero-order valence-electron chi connectivity index (χ0n) is 17.1. The fourth-order valence-corrected chi connectivity index (χ4v) is 6.19. The summed E-state index contributed by atoms with van der Waals surface area (Å²) in [7, 11) is 4.24. The quantitative estimate of drug-likeness (QED) is 0.0730. The molecule has 26 heavy (non-hydrogen) atoms. The molecule has 0 rings (SSSR count). The van der Waals surface area contributed by atoms with E-state index in [2.05, 4.69) is 53.4 Å². The summed E-state index contributed by atoms with van der Waals surface area (Å²) in [5.74, 6) is 2.73. The molecular weight excluding hydrogens is 488 g/mol. The van der Waals surface area contributed by atoms with Crippen LogP contribution in [0.25, 0.3) is 0 Å². The zero-order valence-corrected chi connectivity index (χ0v) is 21.9. The lowest BCUT2D eigenvalue weighted by Gasteiger charge is -2.03. The van der Waals surface area contributed by atoms with Crippen LogP contribution in [0, 0.1) is 0 Å². The molecule has 0 radical (unpaired) electrons. The minimum Gasteiger partial charge on any atom is -0.0942 e. The zero-order chi connectivity index (χ0) is 19.0. The fraction of sp³-hybridized carbons (Fsp3) is 1.00. The molecule has 0 saturated heterocycles. The Bertz CT molecular complexity index is 216. The Morgan fingerprint density at radius 3 is 0.808 bits per heavy atom. The van der Waals surface area contributed by atoms with Crippen molar-refractivity contribution in [2.24, 2.45) is 0 Å². The van der Waals surface area contributed by atoms with Crippen LogP contribution in [0.2, 0.25) is 0 Å². The maximum absolute atomic E-state index is 3.50. The second-order valence-corrected chi connectivity index (χ2v) is 11.7. The highest BCUT2D eigenvalue weighted by Gasteiger charge is 1.96. The molecule has 4 heteroatoms. The van der Waals surface area contributed by atoms with E-state index in [1.165, 1.54) is 138 Å². The van der Waals surface area contributed by atoms with Gasteiger partial charge < -0.3 is 0 Å². The molecule has 0 heterocycles. The van der Waals surface area contributed by atoms with Gasteiger partial charge in [-0.2, -0.15) is 0 Å². The predicted octanol–water partition coefficient (Wildman–Crippen LogP) is 10.2. The molecule has 0 aromatic rings. The van der Waals surface area contributed by atoms with Crippen LogP contribution >= 0.6 is 53.4 Å². The van der Waals surface area contributed by atoms with Gasteiger partial charge in [-0.25, -0.2) is 0 Å². The van der Waals surface area contributed by atoms with Crippen molar-refractivity contribution >= 4 is 53.4 Å². The maximum atomic E-state index is 3.50. The second-order valence-electron chi connectivity index (χ2n) is 7.39. The number of alkyl halides is 2. The molecule has 0 bridgehead atoms. The molecule has 0 aromatic heterocycles. The summed E-state index contributed by atoms with van der Waals surface area (Å²) in [5.41, 5.74) is 0. The Balaban J connectivity index is 2.95. The topological polar surface area (TPSA) is 0 Å². The fourth-order valence-electron chi connectivity index (χ4n) is 3.10. The summed E-state index contributed by atoms with van der Waals surface area (Å²) in [6.07, 6.45) is 25.8. The van der Waals surface area contributed by atoms with Gasteiger partial charge in [-0.1, -0.05) is 143 Å². The van der Waals surface area contributed by atoms with E-state index in [9.17, 15) is 0 Å². The molecule has 0 saturated carbocycles. The lowest BCUT2D eigenvalue weighted by Crippen LogP contribution is -1.84. The van der Waals surface area contributed by atoms with Gasteiger partial charge in [-0.15, -0.1) is 0 Å². The first-order valence-electron chi connectivity index (χ1n) is 11.3. The first-order chi connectivity index (χ1) is 12.9. The molecule has 158 valence electrons. The number of hydrogen-bond donors (Lipinski definition) is 0. The average molecular weight is 533 g/mol. The molecule has 0 fully saturated rings. The molecule has 0 N–H and O–H groups in total. The van der Waals surface area contributed by atoms with Gasteiger partial charge in [0.05, 0.1) is 0 Å². The van der Waals surface area contributed by atoms with Crippen LogP contribution < -0.4 is 0 Å². The second kappa shape index (κ2) is 26.7. The highest BCUT2D eigenvalue weighted by Crippen LogP contribution is 2.25. The Morgan fingerprint density at radius 2 is 0.538 bits per heavy atom. The van der Waals surface area contributed by atoms with Crippen LogP contribution in [0.15, 0.2) is 0 Å². The summed E-state index contributed by atoms with van der Waals surface area (Å²) >= 11 is 7.01. The summed E-state index contributed by atoms with van der Waals surface area (Å²) < 4.78 is 0. The highest BCUT2D eigenvalue weighted by molar-refractivity contribution is 9.09. The molecule has 0 aromatic carbocycles. The van der Waals surface area contributed by atoms with E-state index in [4.69, 9.17) is 0 Å². The van der Waals surface area contributed by atoms with Crippen molar-refractivity contribution in [3.05, 3.63) is 0 Å². The minimum absolute atomic E-state index is 1.18. The van der Waals surface area contributed by atoms with Crippen LogP contribution in [0.4, 0.5) is 0 Å². The van der Waals surface area contributed by atoms with Crippen LogP contribution in [-0.4, -0.2) is 22.2 Å². The maximum Gasteiger partial charge on any atom is 0.00369 e. The van der Waals surface area contributed by atoms with Gasteiger partial charge in [0.25, 0.3) is 0 Å². The summed E-state index contributed by atoms with van der Waals surface area (Å²) in [4.78, 5) is 0. The van der Waals surface area contributed by atoms with E-state index in [-0.39, 0.29) is 0 Å². The summed E-state index contributed by atoms with van der Waals surface area (Å²) in [6, 6.07) is 0. The summed E-state index contributed by atoms with van der Waals surface area (Å²) in [5, 5.41) is 2.36. The molecule has 0 unspecified atom stereocenters. The third-order valence-electron chi connectivity index (χ3n) is 4.81. The average Bonchev–Trinajstić information content (AvgIpc) is 2.66. The highest BCUT2D eigenvalue weighted by atomic mass is 79.9. The van der Waals surface area contributed by atoms with Crippen molar-refractivity contribution in [1.82, 2.24) is 0 Å². The van der Waals surface area contributed by atoms with Crippen LogP contribution in [-0.2, 0) is 0 Å². The van der Waals surface area contributed by atoms with Crippen LogP contribution in [0.3, 0.4) is 0 Å². The SMILES string of the molecule is BrCCCCCCCCCCCSSCCCCCCCCCCCBr. The molecule has 0 aliphatic rings. The standard InChI is InChI=1S/C22H44Br2S2/c23-19-15-11-7-3-1-5-9-13-17-21-25-26-22-18-14-10-6-2-4-8-12-16-20-24/h1-22H2. The van der Waals surface area contributed by atoms with Gasteiger partial charge in [0.2, 0.25) is 0 Å². The molecule has 0 spiro atoms. The Hall–Kier alpha value is 1.66. The van der Waals surface area contributed by atoms with Crippen molar-refractivity contribution in [1.29, 1.82) is 0 Å². The smallest absolute Gasteiger partial charge is 0.00369 e. The van der Waals surface area contributed by atoms with Gasteiger partial charge >= 0.3 is 0 Å². The van der Waals surface area contributed by atoms with Gasteiger partial charge in [0.1, 0.15) is 0 Å². The van der Waals surface area contributed by atoms with Crippen molar-refractivity contribution in [2.45, 2.75) is 116 Å². The van der Waals surface area contributed by atoms with Crippen LogP contribution in [0.1, 0.15) is 116 Å². The normalized spacial score (nSPS) is 11.3. The van der Waals surface area contributed by atoms with Crippen molar-refractivity contribution in [3.63, 3.8) is 0 Å². The number of rotatable bonds is 23. The third-order valence-corrected chi connectivity index (χ3v) is 8.50. The van der Waals surface area contributed by atoms with E-state index < -0.39 is 0 Å². The molecule has 0 aliphatic heterocycles. The van der Waals surface area contributed by atoms with Crippen LogP contribution in [0.5, 0.6) is 0 Å². The van der Waals surface area contributed by atoms with Crippen molar-refractivity contribution < 1.29 is 0 Å². The number of halogens is 2. The van der Waals surface area contributed by atoms with E-state index in [0.717, 1.165) is 0 Å². The molecule has 0 amide bonds. The molecule has 0 aliphatic carbocycles. The van der Waals surface area contributed by atoms with E-state index in [1.54, 1.807) is 0 Å². The van der Waals surface area contributed by atoms with E-state index in [0.29, 0.717) is 0 Å². The van der Waals surface area contributed by atoms with Crippen molar-refractivity contribution in [3.8, 4) is 0 Å². The minimum atomic E-state index is 1.18. The molecule has 0 atom stereocenters. The Kier molecular flexibility index (Phi) is 28.4. The first kappa shape index (κ1) is 27.7. The summed E-state index contributed by atoms with van der Waals surface area (Å²) in [6.45, 7) is 0. The lowest BCUT2D eigenvalue weighted by molar-refractivity contribution is 0.574. The first-order valence-corrected chi connectivity index (χ1v) is 16.0. The Labute approximate surface area is 190 Å². The number of hydrogen-bond acceptors (Lipinski definition) is 2. The number of unbranched alkanes of at least 4 members (excludes halogenated alkanes) is 16. The van der Waals surface area contributed by atoms with E-state index in [1.807, 2.05) is 0 Å². The van der Waals surface area contributed by atoms with E-state index >= 15 is 0 Å². The van der Waals surface area contributed by atoms with Gasteiger partial charge in [0, 0.05) is 22.2 Å². The predicted molar refractivity (Wildman–Crippen MR) is 136 cm³/mol. The largest absolute Gasteiger partial charge is 0.0942 e. The van der Waals surface area contributed by atoms with Gasteiger partial charge in [-0.05, 0) is 25.7 Å². The molecule has 0 nitrogen and oxygen atoms in total. The Morgan fingerprint density at radius 1 is 0.308 bits per heavy atom. The van der Waals surface area contributed by atoms with Gasteiger partial charge in [-0.3, -0.25) is 0 Å². The monoisotopic (exact) mass is 530 g/mol. The van der Waals surface area contributed by atoms with Gasteiger partial charge in [0.15, 0.2) is 0 Å².